The van der Waals surface area contributed by atoms with Crippen LogP contribution >= 0.6 is 11.6 Å². The number of esters is 1. The van der Waals surface area contributed by atoms with Crippen molar-refractivity contribution in [1.29, 1.82) is 0 Å². The number of benzene rings is 3. The Labute approximate surface area is 209 Å². The summed E-state index contributed by atoms with van der Waals surface area (Å²) in [6.45, 7) is 3.63. The number of nitrogens with one attached hydrogen (secondary N) is 1. The summed E-state index contributed by atoms with van der Waals surface area (Å²) < 4.78 is 38.3. The molecule has 35 heavy (non-hydrogen) atoms. The standard InChI is InChI=1S/C25H25ClN2O6S/c1-3-33-20-13-11-19(12-14-20)28(35(31,32)21-8-6-5-7-9-21)17-24(29)27-18-10-15-23(26)22(16-18)25(30)34-4-2/h5-16H,3-4,17H2,1-2H3,(H,27,29). The van der Waals surface area contributed by atoms with E-state index in [-0.39, 0.29) is 33.5 Å². The normalized spacial score (nSPS) is 10.9. The highest BCUT2D eigenvalue weighted by molar-refractivity contribution is 7.92. The van der Waals surface area contributed by atoms with Crippen LogP contribution in [0.4, 0.5) is 11.4 Å². The van der Waals surface area contributed by atoms with Crippen LogP contribution in [0.3, 0.4) is 0 Å². The maximum absolute atomic E-state index is 13.4. The molecule has 0 atom stereocenters. The second kappa shape index (κ2) is 11.7. The summed E-state index contributed by atoms with van der Waals surface area (Å²) in [4.78, 5) is 25.1. The molecule has 10 heteroatoms. The van der Waals surface area contributed by atoms with Crippen LogP contribution in [-0.2, 0) is 19.6 Å². The number of hydrogen-bond acceptors (Lipinski definition) is 6. The average Bonchev–Trinajstić information content (AvgIpc) is 2.85. The highest BCUT2D eigenvalue weighted by atomic mass is 35.5. The summed E-state index contributed by atoms with van der Waals surface area (Å²) in [5, 5.41) is 2.80. The molecule has 0 spiro atoms. The Hall–Kier alpha value is -3.56. The third kappa shape index (κ3) is 6.52. The van der Waals surface area contributed by atoms with Crippen LogP contribution in [0, 0.1) is 0 Å². The Morgan fingerprint density at radius 2 is 1.63 bits per heavy atom. The Bertz CT molecular complexity index is 1280. The van der Waals surface area contributed by atoms with Crippen LogP contribution in [0.25, 0.3) is 0 Å². The van der Waals surface area contributed by atoms with E-state index >= 15 is 0 Å². The van der Waals surface area contributed by atoms with E-state index in [0.29, 0.717) is 12.4 Å². The predicted octanol–water partition coefficient (Wildman–Crippen LogP) is 4.75. The third-order valence-corrected chi connectivity index (χ3v) is 6.92. The number of carbonyl (C=O) groups is 2. The van der Waals surface area contributed by atoms with E-state index in [1.165, 1.54) is 30.3 Å². The van der Waals surface area contributed by atoms with Gasteiger partial charge in [0.05, 0.1) is 34.4 Å². The number of carbonyl (C=O) groups excluding carboxylic acids is 2. The van der Waals surface area contributed by atoms with Crippen molar-refractivity contribution in [2.75, 3.05) is 29.4 Å². The zero-order chi connectivity index (χ0) is 25.4. The number of ether oxygens (including phenoxy) is 2. The van der Waals surface area contributed by atoms with Crippen LogP contribution in [0.1, 0.15) is 24.2 Å². The van der Waals surface area contributed by atoms with E-state index in [1.807, 2.05) is 6.92 Å². The average molecular weight is 517 g/mol. The molecule has 3 aromatic rings. The SMILES string of the molecule is CCOC(=O)c1cc(NC(=O)CN(c2ccc(OCC)cc2)S(=O)(=O)c2ccccc2)ccc1Cl. The minimum absolute atomic E-state index is 0.0396. The lowest BCUT2D eigenvalue weighted by molar-refractivity contribution is -0.114. The van der Waals surface area contributed by atoms with E-state index in [2.05, 4.69) is 5.32 Å². The Kier molecular flexibility index (Phi) is 8.73. The predicted molar refractivity (Wildman–Crippen MR) is 135 cm³/mol. The molecule has 0 saturated carbocycles. The van der Waals surface area contributed by atoms with Crippen molar-refractivity contribution in [3.8, 4) is 5.75 Å². The van der Waals surface area contributed by atoms with Crippen molar-refractivity contribution in [1.82, 2.24) is 0 Å². The highest BCUT2D eigenvalue weighted by Gasteiger charge is 2.27. The second-order valence-corrected chi connectivity index (χ2v) is 9.48. The van der Waals surface area contributed by atoms with Gasteiger partial charge in [0.1, 0.15) is 12.3 Å². The van der Waals surface area contributed by atoms with Gasteiger partial charge in [-0.25, -0.2) is 13.2 Å². The fourth-order valence-corrected chi connectivity index (χ4v) is 4.85. The highest BCUT2D eigenvalue weighted by Crippen LogP contribution is 2.26. The maximum Gasteiger partial charge on any atom is 0.339 e. The summed E-state index contributed by atoms with van der Waals surface area (Å²) in [6, 6.07) is 18.6. The first-order valence-corrected chi connectivity index (χ1v) is 12.6. The van der Waals surface area contributed by atoms with Crippen LogP contribution in [0.5, 0.6) is 5.75 Å². The summed E-state index contributed by atoms with van der Waals surface area (Å²) in [5.74, 6) is -0.669. The molecule has 0 aliphatic heterocycles. The van der Waals surface area contributed by atoms with Crippen LogP contribution in [0.15, 0.2) is 77.7 Å². The van der Waals surface area contributed by atoms with E-state index in [0.717, 1.165) is 4.31 Å². The minimum atomic E-state index is -4.07. The van der Waals surface area contributed by atoms with Crippen LogP contribution < -0.4 is 14.4 Å². The third-order valence-electron chi connectivity index (χ3n) is 4.80. The number of rotatable bonds is 10. The molecule has 0 bridgehead atoms. The quantitative estimate of drug-likeness (QED) is 0.390. The largest absolute Gasteiger partial charge is 0.494 e. The maximum atomic E-state index is 13.4. The van der Waals surface area contributed by atoms with Gasteiger partial charge in [0, 0.05) is 5.69 Å². The van der Waals surface area contributed by atoms with Gasteiger partial charge in [-0.3, -0.25) is 9.10 Å². The molecular formula is C25H25ClN2O6S. The lowest BCUT2D eigenvalue weighted by atomic mass is 10.2. The molecule has 184 valence electrons. The zero-order valence-corrected chi connectivity index (χ0v) is 20.8. The molecule has 0 saturated heterocycles. The number of sulfonamides is 1. The van der Waals surface area contributed by atoms with Gasteiger partial charge in [-0.05, 0) is 68.4 Å². The van der Waals surface area contributed by atoms with Gasteiger partial charge in [-0.2, -0.15) is 0 Å². The van der Waals surface area contributed by atoms with Crippen molar-refractivity contribution in [3.63, 3.8) is 0 Å². The van der Waals surface area contributed by atoms with Gasteiger partial charge in [-0.1, -0.05) is 29.8 Å². The molecule has 3 rings (SSSR count). The summed E-state index contributed by atoms with van der Waals surface area (Å²) >= 11 is 6.08. The summed E-state index contributed by atoms with van der Waals surface area (Å²) in [5.41, 5.74) is 0.647. The Balaban J connectivity index is 1.90. The molecule has 0 fully saturated rings. The van der Waals surface area contributed by atoms with E-state index in [4.69, 9.17) is 21.1 Å². The molecule has 0 heterocycles. The van der Waals surface area contributed by atoms with Crippen molar-refractivity contribution < 1.29 is 27.5 Å². The zero-order valence-electron chi connectivity index (χ0n) is 19.2. The van der Waals surface area contributed by atoms with Gasteiger partial charge in [0.25, 0.3) is 10.0 Å². The molecule has 3 aromatic carbocycles. The molecule has 1 N–H and O–H groups in total. The van der Waals surface area contributed by atoms with E-state index in [1.54, 1.807) is 49.4 Å². The first-order valence-electron chi connectivity index (χ1n) is 10.8. The molecule has 1 amide bonds. The van der Waals surface area contributed by atoms with E-state index < -0.39 is 28.4 Å². The smallest absolute Gasteiger partial charge is 0.339 e. The van der Waals surface area contributed by atoms with Crippen LogP contribution in [0.2, 0.25) is 5.02 Å². The molecular weight excluding hydrogens is 492 g/mol. The topological polar surface area (TPSA) is 102 Å². The number of amides is 1. The van der Waals surface area contributed by atoms with Gasteiger partial charge in [0.15, 0.2) is 0 Å². The fraction of sp³-hybridized carbons (Fsp3) is 0.200. The number of hydrogen-bond donors (Lipinski definition) is 1. The number of halogens is 1. The minimum Gasteiger partial charge on any atom is -0.494 e. The number of nitrogens with zero attached hydrogens (tertiary/aromatic N) is 1. The van der Waals surface area contributed by atoms with Crippen molar-refractivity contribution in [2.45, 2.75) is 18.7 Å². The van der Waals surface area contributed by atoms with Crippen molar-refractivity contribution in [3.05, 3.63) is 83.4 Å². The monoisotopic (exact) mass is 516 g/mol. The van der Waals surface area contributed by atoms with Gasteiger partial charge < -0.3 is 14.8 Å². The van der Waals surface area contributed by atoms with Gasteiger partial charge >= 0.3 is 5.97 Å². The lowest BCUT2D eigenvalue weighted by Crippen LogP contribution is -2.38. The fourth-order valence-electron chi connectivity index (χ4n) is 3.21. The van der Waals surface area contributed by atoms with Crippen molar-refractivity contribution >= 4 is 44.9 Å². The lowest BCUT2D eigenvalue weighted by Gasteiger charge is -2.24. The molecule has 0 aromatic heterocycles. The van der Waals surface area contributed by atoms with Crippen LogP contribution in [-0.4, -0.2) is 40.1 Å². The molecule has 8 nitrogen and oxygen atoms in total. The first-order chi connectivity index (χ1) is 16.8. The van der Waals surface area contributed by atoms with E-state index in [9.17, 15) is 18.0 Å². The first kappa shape index (κ1) is 26.1. The summed E-state index contributed by atoms with van der Waals surface area (Å²) in [7, 11) is -4.07. The Morgan fingerprint density at radius 3 is 2.26 bits per heavy atom. The van der Waals surface area contributed by atoms with Crippen molar-refractivity contribution in [2.24, 2.45) is 0 Å². The van der Waals surface area contributed by atoms with Gasteiger partial charge in [0.2, 0.25) is 5.91 Å². The molecule has 0 aliphatic carbocycles. The molecule has 0 aliphatic rings. The number of anilines is 2. The Morgan fingerprint density at radius 1 is 0.943 bits per heavy atom. The molecule has 0 radical (unpaired) electrons. The second-order valence-electron chi connectivity index (χ2n) is 7.21. The summed E-state index contributed by atoms with van der Waals surface area (Å²) in [6.07, 6.45) is 0. The van der Waals surface area contributed by atoms with Gasteiger partial charge in [-0.15, -0.1) is 0 Å². The molecule has 0 unspecified atom stereocenters.